The second-order valence-corrected chi connectivity index (χ2v) is 3.59. The molecule has 2 rings (SSSR count). The van der Waals surface area contributed by atoms with Gasteiger partial charge in [0.15, 0.2) is 0 Å². The lowest BCUT2D eigenvalue weighted by atomic mass is 10.0. The molecule has 0 unspecified atom stereocenters. The number of nitrogens with one attached hydrogen (secondary N) is 1. The summed E-state index contributed by atoms with van der Waals surface area (Å²) in [4.78, 5) is 20.8. The first kappa shape index (κ1) is 11.3. The molecule has 1 amide bonds. The van der Waals surface area contributed by atoms with Gasteiger partial charge in [0, 0.05) is 12.5 Å². The van der Waals surface area contributed by atoms with Crippen LogP contribution in [0, 0.1) is 15.9 Å². The van der Waals surface area contributed by atoms with Crippen molar-refractivity contribution in [3.63, 3.8) is 0 Å². The molecule has 1 N–H and O–H groups in total. The lowest BCUT2D eigenvalue weighted by molar-refractivity contribution is -0.387. The zero-order valence-corrected chi connectivity index (χ0v) is 8.68. The van der Waals surface area contributed by atoms with Crippen LogP contribution >= 0.6 is 0 Å². The summed E-state index contributed by atoms with van der Waals surface area (Å²) >= 11 is 0. The summed E-state index contributed by atoms with van der Waals surface area (Å²) in [5.41, 5.74) is -0.0991. The molecule has 1 aliphatic heterocycles. The van der Waals surface area contributed by atoms with Gasteiger partial charge in [-0.15, -0.1) is 0 Å². The average Bonchev–Trinajstić information content (AvgIpc) is 2.29. The van der Waals surface area contributed by atoms with E-state index >= 15 is 0 Å². The number of hydrogen-bond donors (Lipinski definition) is 1. The predicted molar refractivity (Wildman–Crippen MR) is 54.9 cm³/mol. The first-order valence-electron chi connectivity index (χ1n) is 4.95. The van der Waals surface area contributed by atoms with Crippen LogP contribution in [0.2, 0.25) is 0 Å². The van der Waals surface area contributed by atoms with E-state index in [4.69, 9.17) is 0 Å². The molecule has 1 aromatic carbocycles. The Kier molecular flexibility index (Phi) is 2.90. The number of rotatable bonds is 2. The maximum Gasteiger partial charge on any atom is 0.407 e. The molecule has 0 spiro atoms. The first-order chi connectivity index (χ1) is 8.08. The van der Waals surface area contributed by atoms with E-state index in [1.807, 2.05) is 0 Å². The molecule has 17 heavy (non-hydrogen) atoms. The van der Waals surface area contributed by atoms with E-state index in [0.717, 1.165) is 12.1 Å². The fourth-order valence-corrected chi connectivity index (χ4v) is 1.66. The lowest BCUT2D eigenvalue weighted by Crippen LogP contribution is -2.35. The Bertz CT molecular complexity index is 477. The second kappa shape index (κ2) is 4.36. The summed E-state index contributed by atoms with van der Waals surface area (Å²) in [6.45, 7) is 0.238. The van der Waals surface area contributed by atoms with Gasteiger partial charge in [-0.3, -0.25) is 10.1 Å². The van der Waals surface area contributed by atoms with E-state index in [9.17, 15) is 19.3 Å². The van der Waals surface area contributed by atoms with Gasteiger partial charge in [-0.1, -0.05) is 6.07 Å². The number of alkyl carbamates (subject to hydrolysis) is 1. The minimum atomic E-state index is -0.892. The first-order valence-corrected chi connectivity index (χ1v) is 4.95. The number of amides is 1. The molecule has 7 heteroatoms. The minimum Gasteiger partial charge on any atom is -0.449 e. The molecule has 0 saturated carbocycles. The molecule has 0 aliphatic carbocycles. The summed E-state index contributed by atoms with van der Waals surface area (Å²) in [7, 11) is 0. The maximum atomic E-state index is 13.1. The Balaban J connectivity index is 2.29. The topological polar surface area (TPSA) is 81.5 Å². The van der Waals surface area contributed by atoms with Gasteiger partial charge in [-0.05, 0) is 11.6 Å². The Labute approximate surface area is 95.5 Å². The van der Waals surface area contributed by atoms with Gasteiger partial charge in [0.1, 0.15) is 0 Å². The number of carbonyl (C=O) groups excluding carboxylic acids is 1. The summed E-state index contributed by atoms with van der Waals surface area (Å²) in [6.07, 6.45) is -0.0811. The molecule has 0 radical (unpaired) electrons. The monoisotopic (exact) mass is 240 g/mol. The largest absolute Gasteiger partial charge is 0.449 e. The van der Waals surface area contributed by atoms with Crippen LogP contribution in [-0.2, 0) is 4.74 Å². The Morgan fingerprint density at radius 1 is 1.53 bits per heavy atom. The molecular weight excluding hydrogens is 231 g/mol. The van der Waals surface area contributed by atoms with E-state index in [-0.39, 0.29) is 12.6 Å². The number of carbonyl (C=O) groups is 1. The van der Waals surface area contributed by atoms with Crippen molar-refractivity contribution in [2.45, 2.75) is 12.5 Å². The molecule has 1 saturated heterocycles. The number of nitro groups is 1. The van der Waals surface area contributed by atoms with Gasteiger partial charge in [0.05, 0.1) is 17.6 Å². The van der Waals surface area contributed by atoms with Gasteiger partial charge in [-0.2, -0.15) is 4.39 Å². The number of ether oxygens (including phenoxy) is 1. The number of benzene rings is 1. The van der Waals surface area contributed by atoms with Crippen molar-refractivity contribution < 1.29 is 18.8 Å². The quantitative estimate of drug-likeness (QED) is 0.632. The predicted octanol–water partition coefficient (Wildman–Crippen LogP) is 1.90. The van der Waals surface area contributed by atoms with Crippen LogP contribution in [0.5, 0.6) is 0 Å². The maximum absolute atomic E-state index is 13.1. The Hall–Kier alpha value is -2.18. The van der Waals surface area contributed by atoms with Gasteiger partial charge in [-0.25, -0.2) is 4.79 Å². The number of nitro benzene ring substituents is 1. The zero-order chi connectivity index (χ0) is 12.4. The van der Waals surface area contributed by atoms with Crippen LogP contribution in [0.25, 0.3) is 0 Å². The van der Waals surface area contributed by atoms with Crippen molar-refractivity contribution in [1.82, 2.24) is 5.32 Å². The van der Waals surface area contributed by atoms with Crippen LogP contribution in [0.4, 0.5) is 14.9 Å². The Morgan fingerprint density at radius 3 is 2.94 bits per heavy atom. The van der Waals surface area contributed by atoms with Crippen molar-refractivity contribution in [2.75, 3.05) is 6.61 Å². The van der Waals surface area contributed by atoms with E-state index in [2.05, 4.69) is 10.1 Å². The highest BCUT2D eigenvalue weighted by molar-refractivity contribution is 5.68. The van der Waals surface area contributed by atoms with Crippen molar-refractivity contribution >= 4 is 11.8 Å². The third-order valence-electron chi connectivity index (χ3n) is 2.50. The fourth-order valence-electron chi connectivity index (χ4n) is 1.66. The van der Waals surface area contributed by atoms with Crippen LogP contribution in [0.1, 0.15) is 18.0 Å². The number of nitrogens with zero attached hydrogens (tertiary/aromatic N) is 1. The highest BCUT2D eigenvalue weighted by atomic mass is 19.1. The summed E-state index contributed by atoms with van der Waals surface area (Å²) in [5, 5.41) is 13.1. The van der Waals surface area contributed by atoms with E-state index in [1.165, 1.54) is 6.07 Å². The highest BCUT2D eigenvalue weighted by Gasteiger charge is 2.23. The van der Waals surface area contributed by atoms with Crippen LogP contribution < -0.4 is 5.32 Å². The van der Waals surface area contributed by atoms with Crippen molar-refractivity contribution in [2.24, 2.45) is 0 Å². The molecule has 1 aliphatic rings. The molecule has 0 aromatic heterocycles. The molecule has 1 fully saturated rings. The van der Waals surface area contributed by atoms with E-state index in [1.54, 1.807) is 0 Å². The van der Waals surface area contributed by atoms with Crippen LogP contribution in [-0.4, -0.2) is 17.6 Å². The summed E-state index contributed by atoms with van der Waals surface area (Å²) in [5.74, 6) is -0.892. The molecule has 90 valence electrons. The van der Waals surface area contributed by atoms with E-state index in [0.29, 0.717) is 12.0 Å². The smallest absolute Gasteiger partial charge is 0.407 e. The number of halogens is 1. The van der Waals surface area contributed by atoms with Crippen molar-refractivity contribution in [1.29, 1.82) is 0 Å². The third kappa shape index (κ3) is 2.32. The van der Waals surface area contributed by atoms with Crippen molar-refractivity contribution in [3.8, 4) is 0 Å². The zero-order valence-electron chi connectivity index (χ0n) is 8.68. The van der Waals surface area contributed by atoms with Crippen LogP contribution in [0.15, 0.2) is 18.2 Å². The minimum absolute atomic E-state index is 0.238. The van der Waals surface area contributed by atoms with Gasteiger partial charge in [0.25, 0.3) is 0 Å². The molecule has 1 aromatic rings. The second-order valence-electron chi connectivity index (χ2n) is 3.59. The summed E-state index contributed by atoms with van der Waals surface area (Å²) in [6, 6.07) is 3.19. The van der Waals surface area contributed by atoms with Crippen LogP contribution in [0.3, 0.4) is 0 Å². The molecule has 6 nitrogen and oxygen atoms in total. The van der Waals surface area contributed by atoms with Gasteiger partial charge < -0.3 is 10.1 Å². The molecular formula is C10H9FN2O4. The number of hydrogen-bond acceptors (Lipinski definition) is 4. The summed E-state index contributed by atoms with van der Waals surface area (Å²) < 4.78 is 17.8. The normalized spacial score (nSPS) is 19.4. The average molecular weight is 240 g/mol. The Morgan fingerprint density at radius 2 is 2.29 bits per heavy atom. The standard InChI is InChI=1S/C10H9FN2O4/c11-7-2-1-6(5-9(7)13(15)16)8-3-4-17-10(14)12-8/h1-2,5,8H,3-4H2,(H,12,14)/t8-/m1/s1. The SMILES string of the molecule is O=C1N[C@@H](c2ccc(F)c([N+](=O)[O-])c2)CCO1. The number of cyclic esters (lactones) is 1. The van der Waals surface area contributed by atoms with Gasteiger partial charge >= 0.3 is 11.8 Å². The molecule has 1 atom stereocenters. The fraction of sp³-hybridized carbons (Fsp3) is 0.300. The highest BCUT2D eigenvalue weighted by Crippen LogP contribution is 2.25. The third-order valence-corrected chi connectivity index (χ3v) is 2.50. The molecule has 0 bridgehead atoms. The molecule has 1 heterocycles. The van der Waals surface area contributed by atoms with Gasteiger partial charge in [0.2, 0.25) is 5.82 Å². The van der Waals surface area contributed by atoms with E-state index < -0.39 is 22.5 Å². The van der Waals surface area contributed by atoms with Crippen molar-refractivity contribution in [3.05, 3.63) is 39.7 Å². The lowest BCUT2D eigenvalue weighted by Gasteiger charge is -2.23.